The standard InChI is InChI=1S/C17H24N4O2/c1-3-20(4-2)9-6-10-21-11-12(17(19)23)16(22)15-13(18)7-5-8-14(15)21/h5,7-8,11H,3-4,6,9-10,18H2,1-2H3,(H2,19,23). The van der Waals surface area contributed by atoms with Crippen LogP contribution >= 0.6 is 0 Å². The van der Waals surface area contributed by atoms with Gasteiger partial charge in [0.1, 0.15) is 5.56 Å². The van der Waals surface area contributed by atoms with Crippen molar-refractivity contribution in [3.05, 3.63) is 40.2 Å². The molecule has 6 nitrogen and oxygen atoms in total. The molecule has 23 heavy (non-hydrogen) atoms. The summed E-state index contributed by atoms with van der Waals surface area (Å²) in [6, 6.07) is 5.31. The predicted octanol–water partition coefficient (Wildman–Crippen LogP) is 1.41. The van der Waals surface area contributed by atoms with Crippen LogP contribution in [-0.4, -0.2) is 35.0 Å². The summed E-state index contributed by atoms with van der Waals surface area (Å²) < 4.78 is 1.90. The first-order chi connectivity index (χ1) is 11.0. The summed E-state index contributed by atoms with van der Waals surface area (Å²) in [4.78, 5) is 26.3. The van der Waals surface area contributed by atoms with Crippen molar-refractivity contribution in [3.63, 3.8) is 0 Å². The van der Waals surface area contributed by atoms with Crippen molar-refractivity contribution >= 4 is 22.5 Å². The molecule has 4 N–H and O–H groups in total. The zero-order valence-electron chi connectivity index (χ0n) is 13.7. The second-order valence-electron chi connectivity index (χ2n) is 5.55. The largest absolute Gasteiger partial charge is 0.398 e. The van der Waals surface area contributed by atoms with Crippen LogP contribution in [0.4, 0.5) is 5.69 Å². The maximum Gasteiger partial charge on any atom is 0.254 e. The Balaban J connectivity index is 2.43. The number of pyridine rings is 1. The number of benzene rings is 1. The highest BCUT2D eigenvalue weighted by Crippen LogP contribution is 2.18. The monoisotopic (exact) mass is 316 g/mol. The molecule has 1 aromatic heterocycles. The Morgan fingerprint density at radius 3 is 2.57 bits per heavy atom. The summed E-state index contributed by atoms with van der Waals surface area (Å²) in [5, 5.41) is 0.367. The summed E-state index contributed by atoms with van der Waals surface area (Å²) in [5.41, 5.74) is 12.0. The van der Waals surface area contributed by atoms with E-state index in [2.05, 4.69) is 18.7 Å². The number of primary amides is 1. The minimum atomic E-state index is -0.724. The summed E-state index contributed by atoms with van der Waals surface area (Å²) >= 11 is 0. The first-order valence-corrected chi connectivity index (χ1v) is 7.93. The molecule has 1 amide bonds. The van der Waals surface area contributed by atoms with E-state index in [9.17, 15) is 9.59 Å². The van der Waals surface area contributed by atoms with Crippen LogP contribution in [0.25, 0.3) is 10.9 Å². The lowest BCUT2D eigenvalue weighted by atomic mass is 10.1. The highest BCUT2D eigenvalue weighted by atomic mass is 16.2. The van der Waals surface area contributed by atoms with Crippen LogP contribution in [0.1, 0.15) is 30.6 Å². The van der Waals surface area contributed by atoms with Gasteiger partial charge in [-0.1, -0.05) is 19.9 Å². The van der Waals surface area contributed by atoms with Crippen molar-refractivity contribution in [1.29, 1.82) is 0 Å². The van der Waals surface area contributed by atoms with Crippen LogP contribution in [0, 0.1) is 0 Å². The summed E-state index contributed by atoms with van der Waals surface area (Å²) in [7, 11) is 0. The van der Waals surface area contributed by atoms with Gasteiger partial charge in [-0.3, -0.25) is 9.59 Å². The number of anilines is 1. The number of aryl methyl sites for hydroxylation is 1. The van der Waals surface area contributed by atoms with Gasteiger partial charge in [-0.2, -0.15) is 0 Å². The van der Waals surface area contributed by atoms with E-state index in [0.29, 0.717) is 17.6 Å². The number of rotatable bonds is 7. The smallest absolute Gasteiger partial charge is 0.254 e. The molecule has 0 bridgehead atoms. The fraction of sp³-hybridized carbons (Fsp3) is 0.412. The Hall–Kier alpha value is -2.34. The molecular weight excluding hydrogens is 292 g/mol. The van der Waals surface area contributed by atoms with E-state index in [1.807, 2.05) is 16.7 Å². The fourth-order valence-electron chi connectivity index (χ4n) is 2.83. The quantitative estimate of drug-likeness (QED) is 0.755. The Labute approximate surface area is 135 Å². The van der Waals surface area contributed by atoms with Gasteiger partial charge in [0, 0.05) is 18.4 Å². The number of hydrogen-bond acceptors (Lipinski definition) is 4. The molecule has 0 saturated heterocycles. The fourth-order valence-corrected chi connectivity index (χ4v) is 2.83. The second kappa shape index (κ2) is 7.28. The van der Waals surface area contributed by atoms with Crippen LogP contribution in [0.15, 0.2) is 29.2 Å². The van der Waals surface area contributed by atoms with Crippen molar-refractivity contribution in [2.75, 3.05) is 25.4 Å². The number of aromatic nitrogens is 1. The maximum atomic E-state index is 12.4. The number of nitrogens with two attached hydrogens (primary N) is 2. The number of nitrogen functional groups attached to an aromatic ring is 1. The lowest BCUT2D eigenvalue weighted by Gasteiger charge is -2.19. The van der Waals surface area contributed by atoms with E-state index < -0.39 is 11.3 Å². The van der Waals surface area contributed by atoms with E-state index >= 15 is 0 Å². The minimum absolute atomic E-state index is 0.0155. The van der Waals surface area contributed by atoms with Crippen LogP contribution in [0.5, 0.6) is 0 Å². The van der Waals surface area contributed by atoms with Gasteiger partial charge in [-0.25, -0.2) is 0 Å². The molecule has 0 radical (unpaired) electrons. The number of carbonyl (C=O) groups excluding carboxylic acids is 1. The lowest BCUT2D eigenvalue weighted by molar-refractivity contribution is 0.0998. The zero-order valence-corrected chi connectivity index (χ0v) is 13.7. The van der Waals surface area contributed by atoms with Crippen molar-refractivity contribution in [2.45, 2.75) is 26.8 Å². The van der Waals surface area contributed by atoms with Gasteiger partial charge in [0.25, 0.3) is 5.91 Å². The number of nitrogens with zero attached hydrogens (tertiary/aromatic N) is 2. The molecule has 1 heterocycles. The van der Waals surface area contributed by atoms with Crippen LogP contribution in [-0.2, 0) is 6.54 Å². The molecule has 124 valence electrons. The topological polar surface area (TPSA) is 94.3 Å². The van der Waals surface area contributed by atoms with Crippen molar-refractivity contribution in [2.24, 2.45) is 5.73 Å². The third-order valence-electron chi connectivity index (χ3n) is 4.17. The van der Waals surface area contributed by atoms with Crippen molar-refractivity contribution < 1.29 is 4.79 Å². The molecule has 0 saturated carbocycles. The average molecular weight is 316 g/mol. The van der Waals surface area contributed by atoms with E-state index in [1.165, 1.54) is 0 Å². The second-order valence-corrected chi connectivity index (χ2v) is 5.55. The Morgan fingerprint density at radius 2 is 1.96 bits per heavy atom. The normalized spacial score (nSPS) is 11.3. The lowest BCUT2D eigenvalue weighted by Crippen LogP contribution is -2.27. The third kappa shape index (κ3) is 3.53. The molecule has 0 spiro atoms. The van der Waals surface area contributed by atoms with E-state index in [-0.39, 0.29) is 5.56 Å². The summed E-state index contributed by atoms with van der Waals surface area (Å²) in [6.45, 7) is 7.90. The van der Waals surface area contributed by atoms with Gasteiger partial charge in [0.2, 0.25) is 5.43 Å². The van der Waals surface area contributed by atoms with E-state index in [0.717, 1.165) is 31.6 Å². The molecule has 2 rings (SSSR count). The van der Waals surface area contributed by atoms with Gasteiger partial charge < -0.3 is 20.9 Å². The average Bonchev–Trinajstić information content (AvgIpc) is 2.53. The number of hydrogen-bond donors (Lipinski definition) is 2. The first kappa shape index (κ1) is 17.0. The number of fused-ring (bicyclic) bond motifs is 1. The van der Waals surface area contributed by atoms with Crippen LogP contribution in [0.2, 0.25) is 0 Å². The van der Waals surface area contributed by atoms with Crippen molar-refractivity contribution in [1.82, 2.24) is 9.47 Å². The van der Waals surface area contributed by atoms with Crippen molar-refractivity contribution in [3.8, 4) is 0 Å². The zero-order chi connectivity index (χ0) is 17.0. The molecule has 0 fully saturated rings. The molecule has 6 heteroatoms. The molecule has 0 aliphatic carbocycles. The molecule has 0 aliphatic heterocycles. The Bertz CT molecular complexity index is 763. The van der Waals surface area contributed by atoms with Crippen LogP contribution in [0.3, 0.4) is 0 Å². The number of carbonyl (C=O) groups is 1. The van der Waals surface area contributed by atoms with E-state index in [1.54, 1.807) is 12.3 Å². The van der Waals surface area contributed by atoms with Gasteiger partial charge in [0.05, 0.1) is 10.9 Å². The van der Waals surface area contributed by atoms with E-state index in [4.69, 9.17) is 11.5 Å². The molecule has 2 aromatic rings. The molecule has 0 atom stereocenters. The highest BCUT2D eigenvalue weighted by Gasteiger charge is 2.14. The molecule has 0 aliphatic rings. The van der Waals surface area contributed by atoms with Gasteiger partial charge in [0.15, 0.2) is 0 Å². The number of amides is 1. The molecular formula is C17H24N4O2. The summed E-state index contributed by atoms with van der Waals surface area (Å²) in [6.07, 6.45) is 2.46. The van der Waals surface area contributed by atoms with Gasteiger partial charge >= 0.3 is 0 Å². The Morgan fingerprint density at radius 1 is 1.26 bits per heavy atom. The Kier molecular flexibility index (Phi) is 5.39. The summed E-state index contributed by atoms with van der Waals surface area (Å²) in [5.74, 6) is -0.724. The minimum Gasteiger partial charge on any atom is -0.398 e. The SMILES string of the molecule is CCN(CC)CCCn1cc(C(N)=O)c(=O)c2c(N)cccc21. The van der Waals surface area contributed by atoms with Crippen LogP contribution < -0.4 is 16.9 Å². The molecule has 0 unspecified atom stereocenters. The predicted molar refractivity (Wildman–Crippen MR) is 93.5 cm³/mol. The van der Waals surface area contributed by atoms with Gasteiger partial charge in [-0.05, 0) is 38.2 Å². The first-order valence-electron chi connectivity index (χ1n) is 7.93. The third-order valence-corrected chi connectivity index (χ3v) is 4.17. The van der Waals surface area contributed by atoms with Gasteiger partial charge in [-0.15, -0.1) is 0 Å². The highest BCUT2D eigenvalue weighted by molar-refractivity contribution is 5.99. The maximum absolute atomic E-state index is 12.4. The molecule has 1 aromatic carbocycles.